The fraction of sp³-hybridized carbons (Fsp3) is 0.286. The van der Waals surface area contributed by atoms with Gasteiger partial charge in [-0.3, -0.25) is 9.78 Å². The zero-order chi connectivity index (χ0) is 20.1. The van der Waals surface area contributed by atoms with Crippen molar-refractivity contribution >= 4 is 29.1 Å². The molecule has 0 saturated heterocycles. The Labute approximate surface area is 174 Å². The standard InChI is InChI=1S/C21H22Cl2N4O/c1-3-6-18-20(21(28)25-13-14-7-5-10-24-12-14)19(4-2)27(26-18)15-8-9-16(22)17(23)11-15/h5,7-12H,3-4,6,13H2,1-2H3,(H,25,28). The van der Waals surface area contributed by atoms with Crippen molar-refractivity contribution in [3.05, 3.63) is 75.3 Å². The highest BCUT2D eigenvalue weighted by Crippen LogP contribution is 2.27. The largest absolute Gasteiger partial charge is 0.348 e. The van der Waals surface area contributed by atoms with Gasteiger partial charge in [0.2, 0.25) is 0 Å². The molecule has 7 heteroatoms. The summed E-state index contributed by atoms with van der Waals surface area (Å²) in [5.41, 5.74) is 4.01. The summed E-state index contributed by atoms with van der Waals surface area (Å²) in [6.45, 7) is 4.50. The van der Waals surface area contributed by atoms with Crippen molar-refractivity contribution in [2.24, 2.45) is 0 Å². The summed E-state index contributed by atoms with van der Waals surface area (Å²) < 4.78 is 1.80. The monoisotopic (exact) mass is 416 g/mol. The maximum absolute atomic E-state index is 13.0. The Bertz CT molecular complexity index is 970. The second-order valence-electron chi connectivity index (χ2n) is 6.43. The molecule has 0 bridgehead atoms. The molecule has 0 aliphatic rings. The molecule has 0 aliphatic carbocycles. The van der Waals surface area contributed by atoms with Gasteiger partial charge in [0, 0.05) is 18.9 Å². The Kier molecular flexibility index (Phi) is 6.70. The van der Waals surface area contributed by atoms with Crippen LogP contribution in [0.25, 0.3) is 5.69 Å². The fourth-order valence-electron chi connectivity index (χ4n) is 3.11. The topological polar surface area (TPSA) is 59.8 Å². The molecule has 0 radical (unpaired) electrons. The van der Waals surface area contributed by atoms with Crippen LogP contribution in [0.5, 0.6) is 0 Å². The second-order valence-corrected chi connectivity index (χ2v) is 7.24. The summed E-state index contributed by atoms with van der Waals surface area (Å²) in [4.78, 5) is 17.1. The quantitative estimate of drug-likeness (QED) is 0.587. The molecule has 0 saturated carbocycles. The van der Waals surface area contributed by atoms with Crippen molar-refractivity contribution in [3.63, 3.8) is 0 Å². The molecular formula is C21H22Cl2N4O. The second kappa shape index (κ2) is 9.22. The number of halogens is 2. The molecule has 5 nitrogen and oxygen atoms in total. The van der Waals surface area contributed by atoms with E-state index in [4.69, 9.17) is 28.3 Å². The van der Waals surface area contributed by atoms with E-state index in [9.17, 15) is 4.79 Å². The zero-order valence-electron chi connectivity index (χ0n) is 15.9. The summed E-state index contributed by atoms with van der Waals surface area (Å²) in [6.07, 6.45) is 5.72. The number of carbonyl (C=O) groups excluding carboxylic acids is 1. The van der Waals surface area contributed by atoms with Crippen LogP contribution < -0.4 is 5.32 Å². The number of benzene rings is 1. The molecule has 2 heterocycles. The van der Waals surface area contributed by atoms with E-state index in [0.29, 0.717) is 28.6 Å². The smallest absolute Gasteiger partial charge is 0.255 e. The van der Waals surface area contributed by atoms with Crippen LogP contribution in [0, 0.1) is 0 Å². The molecule has 1 N–H and O–H groups in total. The Hall–Kier alpha value is -2.37. The summed E-state index contributed by atoms with van der Waals surface area (Å²) in [6, 6.07) is 9.14. The van der Waals surface area contributed by atoms with E-state index < -0.39 is 0 Å². The van der Waals surface area contributed by atoms with Gasteiger partial charge in [0.25, 0.3) is 5.91 Å². The minimum Gasteiger partial charge on any atom is -0.348 e. The van der Waals surface area contributed by atoms with Gasteiger partial charge in [-0.2, -0.15) is 5.10 Å². The van der Waals surface area contributed by atoms with Crippen LogP contribution in [0.4, 0.5) is 0 Å². The predicted octanol–water partition coefficient (Wildman–Crippen LogP) is 5.02. The number of nitrogens with one attached hydrogen (secondary N) is 1. The van der Waals surface area contributed by atoms with Crippen molar-refractivity contribution in [3.8, 4) is 5.69 Å². The number of amides is 1. The van der Waals surface area contributed by atoms with Crippen LogP contribution in [-0.4, -0.2) is 20.7 Å². The van der Waals surface area contributed by atoms with E-state index in [1.807, 2.05) is 25.1 Å². The molecular weight excluding hydrogens is 395 g/mol. The number of nitrogens with zero attached hydrogens (tertiary/aromatic N) is 3. The predicted molar refractivity (Wildman–Crippen MR) is 112 cm³/mol. The molecule has 28 heavy (non-hydrogen) atoms. The van der Waals surface area contributed by atoms with E-state index >= 15 is 0 Å². The molecule has 0 spiro atoms. The highest BCUT2D eigenvalue weighted by Gasteiger charge is 2.23. The summed E-state index contributed by atoms with van der Waals surface area (Å²) in [5, 5.41) is 8.66. The molecule has 0 unspecified atom stereocenters. The SMILES string of the molecule is CCCc1nn(-c2ccc(Cl)c(Cl)c2)c(CC)c1C(=O)NCc1cccnc1. The van der Waals surface area contributed by atoms with Gasteiger partial charge in [0.15, 0.2) is 0 Å². The van der Waals surface area contributed by atoms with Gasteiger partial charge >= 0.3 is 0 Å². The molecule has 0 atom stereocenters. The number of hydrogen-bond acceptors (Lipinski definition) is 3. The molecule has 2 aromatic heterocycles. The number of hydrogen-bond donors (Lipinski definition) is 1. The Morgan fingerprint density at radius 3 is 2.64 bits per heavy atom. The number of rotatable bonds is 7. The molecule has 3 aromatic rings. The first-order valence-corrected chi connectivity index (χ1v) is 10.0. The first-order valence-electron chi connectivity index (χ1n) is 9.28. The average molecular weight is 417 g/mol. The third kappa shape index (κ3) is 4.37. The maximum Gasteiger partial charge on any atom is 0.255 e. The fourth-order valence-corrected chi connectivity index (χ4v) is 3.40. The van der Waals surface area contributed by atoms with Gasteiger partial charge in [0.1, 0.15) is 0 Å². The lowest BCUT2D eigenvalue weighted by atomic mass is 10.1. The van der Waals surface area contributed by atoms with Crippen molar-refractivity contribution in [1.29, 1.82) is 0 Å². The van der Waals surface area contributed by atoms with Gasteiger partial charge in [-0.05, 0) is 42.7 Å². The molecule has 3 rings (SSSR count). The lowest BCUT2D eigenvalue weighted by Crippen LogP contribution is -2.25. The number of carbonyl (C=O) groups is 1. The third-order valence-electron chi connectivity index (χ3n) is 4.43. The Morgan fingerprint density at radius 1 is 1.18 bits per heavy atom. The first kappa shape index (κ1) is 20.4. The summed E-state index contributed by atoms with van der Waals surface area (Å²) in [5.74, 6) is -0.129. The summed E-state index contributed by atoms with van der Waals surface area (Å²) in [7, 11) is 0. The highest BCUT2D eigenvalue weighted by atomic mass is 35.5. The Morgan fingerprint density at radius 2 is 2.00 bits per heavy atom. The van der Waals surface area contributed by atoms with Crippen LogP contribution in [0.2, 0.25) is 10.0 Å². The normalized spacial score (nSPS) is 10.9. The van der Waals surface area contributed by atoms with Crippen LogP contribution in [0.15, 0.2) is 42.7 Å². The van der Waals surface area contributed by atoms with E-state index in [2.05, 4.69) is 17.2 Å². The Balaban J connectivity index is 1.97. The van der Waals surface area contributed by atoms with E-state index in [1.165, 1.54) is 0 Å². The lowest BCUT2D eigenvalue weighted by molar-refractivity contribution is 0.0949. The maximum atomic E-state index is 13.0. The van der Waals surface area contributed by atoms with Crippen LogP contribution in [0.3, 0.4) is 0 Å². The van der Waals surface area contributed by atoms with Crippen molar-refractivity contribution in [1.82, 2.24) is 20.1 Å². The lowest BCUT2D eigenvalue weighted by Gasteiger charge is -2.10. The zero-order valence-corrected chi connectivity index (χ0v) is 17.4. The third-order valence-corrected chi connectivity index (χ3v) is 5.16. The molecule has 1 amide bonds. The number of aryl methyl sites for hydroxylation is 1. The van der Waals surface area contributed by atoms with Crippen molar-refractivity contribution < 1.29 is 4.79 Å². The van der Waals surface area contributed by atoms with Crippen LogP contribution in [0.1, 0.15) is 47.6 Å². The van der Waals surface area contributed by atoms with E-state index in [0.717, 1.165) is 35.5 Å². The summed E-state index contributed by atoms with van der Waals surface area (Å²) >= 11 is 12.2. The van der Waals surface area contributed by atoms with Crippen LogP contribution in [-0.2, 0) is 19.4 Å². The first-order chi connectivity index (χ1) is 13.5. The minimum atomic E-state index is -0.129. The molecule has 0 aliphatic heterocycles. The van der Waals surface area contributed by atoms with E-state index in [1.54, 1.807) is 29.2 Å². The molecule has 0 fully saturated rings. The van der Waals surface area contributed by atoms with Gasteiger partial charge in [-0.15, -0.1) is 0 Å². The number of pyridine rings is 1. The highest BCUT2D eigenvalue weighted by molar-refractivity contribution is 6.42. The average Bonchev–Trinajstić information content (AvgIpc) is 3.07. The van der Waals surface area contributed by atoms with Gasteiger partial charge in [-0.1, -0.05) is 49.5 Å². The van der Waals surface area contributed by atoms with Crippen molar-refractivity contribution in [2.75, 3.05) is 0 Å². The van der Waals surface area contributed by atoms with Gasteiger partial charge < -0.3 is 5.32 Å². The van der Waals surface area contributed by atoms with E-state index in [-0.39, 0.29) is 5.91 Å². The van der Waals surface area contributed by atoms with Gasteiger partial charge in [0.05, 0.1) is 32.7 Å². The van der Waals surface area contributed by atoms with Gasteiger partial charge in [-0.25, -0.2) is 4.68 Å². The number of aromatic nitrogens is 3. The van der Waals surface area contributed by atoms with Crippen molar-refractivity contribution in [2.45, 2.75) is 39.7 Å². The minimum absolute atomic E-state index is 0.129. The molecule has 146 valence electrons. The molecule has 1 aromatic carbocycles. The van der Waals surface area contributed by atoms with Crippen LogP contribution >= 0.6 is 23.2 Å².